The zero-order valence-electron chi connectivity index (χ0n) is 37.6. The molecule has 364 valence electrons. The number of nitrogens with one attached hydrogen (secondary N) is 2. The molecule has 4 fully saturated rings. The van der Waals surface area contributed by atoms with Crippen LogP contribution in [0.5, 0.6) is 0 Å². The predicted molar refractivity (Wildman–Crippen MR) is 229 cm³/mol. The number of carbonyl (C=O) groups is 7. The molecule has 4 aliphatic carbocycles. The Balaban J connectivity index is 1.24. The molecule has 0 radical (unpaired) electrons. The van der Waals surface area contributed by atoms with E-state index in [1.54, 1.807) is 0 Å². The van der Waals surface area contributed by atoms with Crippen molar-refractivity contribution < 1.29 is 74.4 Å². The quantitative estimate of drug-likeness (QED) is 0.0501. The van der Waals surface area contributed by atoms with E-state index in [2.05, 4.69) is 31.4 Å². The maximum Gasteiger partial charge on any atom is 0.326 e. The number of nitrogens with zero attached hydrogens (tertiary/aromatic N) is 3. The number of fused-ring (bicyclic) bond motifs is 5. The molecule has 0 aromatic carbocycles. The number of unbranched alkanes of at least 4 members (excludes halogenated alkanes) is 1. The van der Waals surface area contributed by atoms with Crippen LogP contribution in [-0.4, -0.2) is 187 Å². The number of hydrogen-bond acceptors (Lipinski definition) is 13. The maximum atomic E-state index is 13.2. The smallest absolute Gasteiger partial charge is 0.326 e. The topological polar surface area (TPSA) is 315 Å². The van der Waals surface area contributed by atoms with Crippen molar-refractivity contribution in [2.24, 2.45) is 46.3 Å². The van der Waals surface area contributed by atoms with Crippen molar-refractivity contribution in [3.8, 4) is 0 Å². The van der Waals surface area contributed by atoms with Crippen LogP contribution in [0.25, 0.3) is 0 Å². The minimum absolute atomic E-state index is 0.00110. The van der Waals surface area contributed by atoms with E-state index >= 15 is 0 Å². The number of hydrogen-bond donors (Lipinski definition) is 10. The Morgan fingerprint density at radius 2 is 1.22 bits per heavy atom. The van der Waals surface area contributed by atoms with Gasteiger partial charge in [-0.05, 0) is 117 Å². The average molecular weight is 912 g/mol. The van der Waals surface area contributed by atoms with Gasteiger partial charge in [-0.2, -0.15) is 0 Å². The second-order valence-electron chi connectivity index (χ2n) is 19.6. The largest absolute Gasteiger partial charge is 0.480 e. The minimum Gasteiger partial charge on any atom is -0.480 e. The van der Waals surface area contributed by atoms with Crippen molar-refractivity contribution >= 4 is 41.7 Å². The van der Waals surface area contributed by atoms with Crippen molar-refractivity contribution in [3.63, 3.8) is 0 Å². The zero-order valence-corrected chi connectivity index (χ0v) is 37.6. The second-order valence-corrected chi connectivity index (χ2v) is 19.6. The molecule has 0 spiro atoms. The molecule has 64 heavy (non-hydrogen) atoms. The monoisotopic (exact) mass is 912 g/mol. The highest BCUT2D eigenvalue weighted by molar-refractivity contribution is 5.83. The van der Waals surface area contributed by atoms with E-state index in [9.17, 15) is 74.4 Å². The molecule has 4 rings (SSSR count). The Bertz CT molecular complexity index is 1580. The van der Waals surface area contributed by atoms with Crippen LogP contribution in [0.15, 0.2) is 0 Å². The fourth-order valence-corrected chi connectivity index (χ4v) is 12.2. The first-order chi connectivity index (χ1) is 30.0. The third-order valence-corrected chi connectivity index (χ3v) is 15.5. The standard InChI is InChI=1S/C44H73N5O15/c1-26(29-8-9-30-41-31(20-34(52)44(29,30)3)43(2)12-11-28(50)18-27(43)19-33(41)51)7-10-35(53)46-32(42(63)64)6-4-5-13-45-36(54)21-47(14-16-48(22-37(55)56)23-38(57)58)15-17-49(24-39(59)60)25-40(61)62/h26-34,41,50-52H,4-25H2,1-3H3,(H,45,54)(H,46,53)(H,55,56)(H,57,58)(H,59,60)(H,61,62)(H,63,64)/t26-,27+,28-,29-,30?,31?,32+,33-,34+,41?,43+,44-/m1/s1. The number of carboxylic acids is 5. The fourth-order valence-electron chi connectivity index (χ4n) is 12.2. The molecule has 0 aromatic heterocycles. The highest BCUT2D eigenvalue weighted by Gasteiger charge is 2.65. The summed E-state index contributed by atoms with van der Waals surface area (Å²) in [5.41, 5.74) is -0.460. The van der Waals surface area contributed by atoms with Gasteiger partial charge in [-0.1, -0.05) is 20.8 Å². The van der Waals surface area contributed by atoms with Gasteiger partial charge in [0.05, 0.1) is 51.0 Å². The van der Waals surface area contributed by atoms with Gasteiger partial charge in [-0.15, -0.1) is 0 Å². The molecule has 0 aromatic rings. The van der Waals surface area contributed by atoms with E-state index in [-0.39, 0.29) is 99.1 Å². The summed E-state index contributed by atoms with van der Waals surface area (Å²) in [7, 11) is 0. The van der Waals surface area contributed by atoms with Crippen molar-refractivity contribution in [3.05, 3.63) is 0 Å². The van der Waals surface area contributed by atoms with Gasteiger partial charge in [0.2, 0.25) is 11.8 Å². The van der Waals surface area contributed by atoms with Crippen LogP contribution in [0, 0.1) is 46.3 Å². The molecular formula is C44H73N5O15. The normalized spacial score (nSPS) is 30.8. The zero-order chi connectivity index (χ0) is 47.5. The summed E-state index contributed by atoms with van der Waals surface area (Å²) in [6, 6.07) is -1.16. The Kier molecular flexibility index (Phi) is 19.3. The molecule has 0 aliphatic heterocycles. The van der Waals surface area contributed by atoms with Crippen molar-refractivity contribution in [1.82, 2.24) is 25.3 Å². The van der Waals surface area contributed by atoms with Crippen molar-refractivity contribution in [2.45, 2.75) is 122 Å². The van der Waals surface area contributed by atoms with Gasteiger partial charge >= 0.3 is 29.8 Å². The van der Waals surface area contributed by atoms with Crippen molar-refractivity contribution in [2.75, 3.05) is 65.4 Å². The molecule has 3 unspecified atom stereocenters. The predicted octanol–water partition coefficient (Wildman–Crippen LogP) is 0.464. The number of aliphatic carboxylic acids is 5. The minimum atomic E-state index is -1.26. The van der Waals surface area contributed by atoms with Crippen LogP contribution in [0.4, 0.5) is 0 Å². The van der Waals surface area contributed by atoms with Gasteiger partial charge in [-0.3, -0.25) is 43.5 Å². The molecule has 0 bridgehead atoms. The summed E-state index contributed by atoms with van der Waals surface area (Å²) in [5.74, 6) is -6.31. The van der Waals surface area contributed by atoms with Gasteiger partial charge in [-0.25, -0.2) is 4.79 Å². The number of rotatable bonds is 27. The summed E-state index contributed by atoms with van der Waals surface area (Å²) in [5, 5.41) is 85.9. The lowest BCUT2D eigenvalue weighted by molar-refractivity contribution is -0.207. The van der Waals surface area contributed by atoms with E-state index in [1.165, 1.54) is 4.90 Å². The third kappa shape index (κ3) is 14.0. The number of aliphatic hydroxyl groups is 3. The Morgan fingerprint density at radius 1 is 0.656 bits per heavy atom. The van der Waals surface area contributed by atoms with Crippen LogP contribution in [0.2, 0.25) is 0 Å². The molecule has 4 aliphatic rings. The van der Waals surface area contributed by atoms with Crippen LogP contribution >= 0.6 is 0 Å². The SMILES string of the molecule is C[C@H](CCC(=O)N[C@@H](CCCCNC(=O)CN(CCN(CC(=O)O)CC(=O)O)CCN(CC(=O)O)CC(=O)O)C(=O)O)[C@H]1CCC2C3C(C[C@H](O)[C@@]21C)[C@@]1(C)CC[C@@H](O)C[C@H]1C[C@H]3O. The molecule has 10 N–H and O–H groups in total. The van der Waals surface area contributed by atoms with Gasteiger partial charge in [0.1, 0.15) is 6.04 Å². The molecule has 20 nitrogen and oxygen atoms in total. The lowest BCUT2D eigenvalue weighted by Crippen LogP contribution is -2.62. The number of aliphatic hydroxyl groups excluding tert-OH is 3. The molecule has 20 heteroatoms. The van der Waals surface area contributed by atoms with Crippen LogP contribution in [0.3, 0.4) is 0 Å². The lowest BCUT2D eigenvalue weighted by atomic mass is 9.43. The lowest BCUT2D eigenvalue weighted by Gasteiger charge is -2.63. The Labute approximate surface area is 374 Å². The third-order valence-electron chi connectivity index (χ3n) is 15.5. The summed E-state index contributed by atoms with van der Waals surface area (Å²) < 4.78 is 0. The Morgan fingerprint density at radius 3 is 1.77 bits per heavy atom. The maximum absolute atomic E-state index is 13.2. The van der Waals surface area contributed by atoms with Gasteiger partial charge in [0, 0.05) is 39.1 Å². The van der Waals surface area contributed by atoms with Gasteiger partial charge < -0.3 is 51.5 Å². The molecule has 12 atom stereocenters. The van der Waals surface area contributed by atoms with Crippen LogP contribution < -0.4 is 10.6 Å². The number of carbonyl (C=O) groups excluding carboxylic acids is 2. The van der Waals surface area contributed by atoms with E-state index < -0.39 is 91.5 Å². The van der Waals surface area contributed by atoms with Crippen molar-refractivity contribution in [1.29, 1.82) is 0 Å². The molecule has 2 amide bonds. The highest BCUT2D eigenvalue weighted by Crippen LogP contribution is 2.68. The summed E-state index contributed by atoms with van der Waals surface area (Å²) in [6.45, 7) is 3.94. The molecule has 0 heterocycles. The van der Waals surface area contributed by atoms with Crippen LogP contribution in [-0.2, 0) is 33.6 Å². The van der Waals surface area contributed by atoms with Gasteiger partial charge in [0.25, 0.3) is 0 Å². The highest BCUT2D eigenvalue weighted by atomic mass is 16.4. The molecule has 4 saturated carbocycles. The first-order valence-corrected chi connectivity index (χ1v) is 22.9. The number of amides is 2. The molecular weight excluding hydrogens is 839 g/mol. The fraction of sp³-hybridized carbons (Fsp3) is 0.841. The van der Waals surface area contributed by atoms with E-state index in [0.717, 1.165) is 35.5 Å². The summed E-state index contributed by atoms with van der Waals surface area (Å²) in [6.07, 6.45) is 5.40. The summed E-state index contributed by atoms with van der Waals surface area (Å²) in [4.78, 5) is 87.2. The first kappa shape index (κ1) is 52.7. The molecule has 0 saturated heterocycles. The van der Waals surface area contributed by atoms with Crippen LogP contribution in [0.1, 0.15) is 97.8 Å². The van der Waals surface area contributed by atoms with Gasteiger partial charge in [0.15, 0.2) is 0 Å². The Hall–Kier alpha value is -3.95. The first-order valence-electron chi connectivity index (χ1n) is 22.9. The number of carboxylic acid groups (broad SMARTS) is 5. The second kappa shape index (κ2) is 23.5. The average Bonchev–Trinajstić information content (AvgIpc) is 3.55. The van der Waals surface area contributed by atoms with E-state index in [1.807, 2.05) is 0 Å². The van der Waals surface area contributed by atoms with E-state index in [0.29, 0.717) is 38.5 Å². The van der Waals surface area contributed by atoms with E-state index in [4.69, 9.17) is 0 Å². The summed E-state index contributed by atoms with van der Waals surface area (Å²) >= 11 is 0.